The van der Waals surface area contributed by atoms with Crippen LogP contribution in [0.1, 0.15) is 30.9 Å². The van der Waals surface area contributed by atoms with Gasteiger partial charge in [-0.3, -0.25) is 0 Å². The average molecular weight is 319 g/mol. The van der Waals surface area contributed by atoms with Crippen molar-refractivity contribution in [2.24, 2.45) is 0 Å². The highest BCUT2D eigenvalue weighted by Gasteiger charge is 2.19. The third kappa shape index (κ3) is 2.60. The Morgan fingerprint density at radius 1 is 1.53 bits per heavy atom. The predicted molar refractivity (Wildman–Crippen MR) is 66.1 cm³/mol. The van der Waals surface area contributed by atoms with Gasteiger partial charge in [0, 0.05) is 28.0 Å². The van der Waals surface area contributed by atoms with Crippen molar-refractivity contribution in [2.75, 3.05) is 13.7 Å². The molecule has 1 atom stereocenters. The monoisotopic (exact) mass is 319 g/mol. The maximum Gasteiger partial charge on any atom is 0.213 e. The zero-order valence-electron chi connectivity index (χ0n) is 8.70. The van der Waals surface area contributed by atoms with Crippen molar-refractivity contribution in [3.63, 3.8) is 0 Å². The fourth-order valence-corrected chi connectivity index (χ4v) is 2.51. The highest BCUT2D eigenvalue weighted by Crippen LogP contribution is 2.31. The normalized spacial score (nSPS) is 21.3. The number of hydrogen-bond donors (Lipinski definition) is 0. The molecule has 4 heteroatoms. The van der Waals surface area contributed by atoms with Crippen LogP contribution >= 0.6 is 22.6 Å². The Morgan fingerprint density at radius 3 is 3.00 bits per heavy atom. The Morgan fingerprint density at radius 2 is 2.40 bits per heavy atom. The number of pyridine rings is 1. The molecule has 1 aliphatic rings. The Bertz CT molecular complexity index is 337. The van der Waals surface area contributed by atoms with Gasteiger partial charge >= 0.3 is 0 Å². The summed E-state index contributed by atoms with van der Waals surface area (Å²) < 4.78 is 12.0. The van der Waals surface area contributed by atoms with Crippen molar-refractivity contribution in [1.29, 1.82) is 0 Å². The predicted octanol–water partition coefficient (Wildman–Crippen LogP) is 2.94. The molecule has 0 aliphatic carbocycles. The van der Waals surface area contributed by atoms with Crippen molar-refractivity contribution >= 4 is 22.6 Å². The van der Waals surface area contributed by atoms with E-state index < -0.39 is 0 Å². The van der Waals surface area contributed by atoms with Crippen LogP contribution in [-0.4, -0.2) is 18.7 Å². The van der Waals surface area contributed by atoms with Gasteiger partial charge in [0.15, 0.2) is 0 Å². The van der Waals surface area contributed by atoms with Crippen molar-refractivity contribution < 1.29 is 9.47 Å². The van der Waals surface area contributed by atoms with Crippen LogP contribution in [0.3, 0.4) is 0 Å². The number of rotatable bonds is 2. The van der Waals surface area contributed by atoms with Gasteiger partial charge in [-0.15, -0.1) is 0 Å². The highest BCUT2D eigenvalue weighted by atomic mass is 127. The maximum atomic E-state index is 5.73. The molecular formula is C11H14INO2. The first-order chi connectivity index (χ1) is 7.31. The van der Waals surface area contributed by atoms with E-state index in [-0.39, 0.29) is 6.10 Å². The molecule has 2 rings (SSSR count). The summed E-state index contributed by atoms with van der Waals surface area (Å²) in [7, 11) is 1.63. The second kappa shape index (κ2) is 5.12. The van der Waals surface area contributed by atoms with E-state index in [4.69, 9.17) is 9.47 Å². The first-order valence-electron chi connectivity index (χ1n) is 5.12. The van der Waals surface area contributed by atoms with Gasteiger partial charge in [0.2, 0.25) is 5.88 Å². The Kier molecular flexibility index (Phi) is 3.80. The van der Waals surface area contributed by atoms with Crippen molar-refractivity contribution in [3.05, 3.63) is 21.4 Å². The molecular weight excluding hydrogens is 305 g/mol. The summed E-state index contributed by atoms with van der Waals surface area (Å²) >= 11 is 2.31. The second-order valence-corrected chi connectivity index (χ2v) is 4.77. The molecule has 0 saturated carbocycles. The quantitative estimate of drug-likeness (QED) is 0.786. The average Bonchev–Trinajstić information content (AvgIpc) is 2.30. The molecule has 0 bridgehead atoms. The van der Waals surface area contributed by atoms with Gasteiger partial charge in [0.05, 0.1) is 13.2 Å². The molecule has 0 radical (unpaired) electrons. The third-order valence-corrected chi connectivity index (χ3v) is 3.53. The molecule has 15 heavy (non-hydrogen) atoms. The van der Waals surface area contributed by atoms with Crippen LogP contribution in [0, 0.1) is 3.57 Å². The molecule has 0 spiro atoms. The van der Waals surface area contributed by atoms with E-state index in [0.717, 1.165) is 13.0 Å². The standard InChI is InChI=1S/C11H14INO2/c1-14-11-6-9(12)8(7-13-11)10-4-2-3-5-15-10/h6-7,10H,2-5H2,1H3. The number of methoxy groups -OCH3 is 1. The summed E-state index contributed by atoms with van der Waals surface area (Å²) in [5.41, 5.74) is 1.19. The third-order valence-electron chi connectivity index (χ3n) is 2.59. The summed E-state index contributed by atoms with van der Waals surface area (Å²) in [5, 5.41) is 0. The Labute approximate surface area is 103 Å². The SMILES string of the molecule is COc1cc(I)c(C2CCCCO2)cn1. The second-order valence-electron chi connectivity index (χ2n) is 3.60. The zero-order valence-corrected chi connectivity index (χ0v) is 10.9. The lowest BCUT2D eigenvalue weighted by Gasteiger charge is -2.23. The molecule has 1 unspecified atom stereocenters. The van der Waals surface area contributed by atoms with Crippen molar-refractivity contribution in [2.45, 2.75) is 25.4 Å². The summed E-state index contributed by atoms with van der Waals surface area (Å²) in [6.07, 6.45) is 5.62. The molecule has 0 amide bonds. The first-order valence-corrected chi connectivity index (χ1v) is 6.20. The number of ether oxygens (including phenoxy) is 2. The minimum atomic E-state index is 0.226. The van der Waals surface area contributed by atoms with Crippen LogP contribution < -0.4 is 4.74 Å². The van der Waals surface area contributed by atoms with Crippen molar-refractivity contribution in [3.8, 4) is 5.88 Å². The van der Waals surface area contributed by atoms with Crippen LogP contribution in [-0.2, 0) is 4.74 Å². The number of hydrogen-bond acceptors (Lipinski definition) is 3. The molecule has 82 valence electrons. The van der Waals surface area contributed by atoms with Gasteiger partial charge in [-0.05, 0) is 41.9 Å². The van der Waals surface area contributed by atoms with E-state index in [0.29, 0.717) is 5.88 Å². The maximum absolute atomic E-state index is 5.73. The molecule has 1 aliphatic heterocycles. The fraction of sp³-hybridized carbons (Fsp3) is 0.545. The van der Waals surface area contributed by atoms with Crippen LogP contribution in [0.4, 0.5) is 0 Å². The van der Waals surface area contributed by atoms with E-state index in [1.807, 2.05) is 12.3 Å². The van der Waals surface area contributed by atoms with E-state index in [2.05, 4.69) is 27.6 Å². The molecule has 1 fully saturated rings. The highest BCUT2D eigenvalue weighted by molar-refractivity contribution is 14.1. The molecule has 0 N–H and O–H groups in total. The summed E-state index contributed by atoms with van der Waals surface area (Å²) in [4.78, 5) is 4.23. The van der Waals surface area contributed by atoms with E-state index in [1.165, 1.54) is 22.0 Å². The molecule has 1 aromatic rings. The molecule has 0 aromatic carbocycles. The van der Waals surface area contributed by atoms with E-state index in [1.54, 1.807) is 7.11 Å². The van der Waals surface area contributed by atoms with Gasteiger partial charge in [-0.25, -0.2) is 4.98 Å². The number of nitrogens with zero attached hydrogens (tertiary/aromatic N) is 1. The van der Waals surface area contributed by atoms with Gasteiger partial charge in [-0.2, -0.15) is 0 Å². The smallest absolute Gasteiger partial charge is 0.213 e. The van der Waals surface area contributed by atoms with Crippen molar-refractivity contribution in [1.82, 2.24) is 4.98 Å². The number of aromatic nitrogens is 1. The largest absolute Gasteiger partial charge is 0.481 e. The summed E-state index contributed by atoms with van der Waals surface area (Å²) in [5.74, 6) is 0.666. The lowest BCUT2D eigenvalue weighted by Crippen LogP contribution is -2.13. The Hall–Kier alpha value is -0.360. The molecule has 2 heterocycles. The van der Waals surface area contributed by atoms with Gasteiger partial charge in [0.1, 0.15) is 0 Å². The Balaban J connectivity index is 2.19. The van der Waals surface area contributed by atoms with Gasteiger partial charge < -0.3 is 9.47 Å². The molecule has 1 saturated heterocycles. The summed E-state index contributed by atoms with van der Waals surface area (Å²) in [6.45, 7) is 0.868. The lowest BCUT2D eigenvalue weighted by atomic mass is 10.0. The summed E-state index contributed by atoms with van der Waals surface area (Å²) in [6, 6.07) is 1.95. The van der Waals surface area contributed by atoms with Gasteiger partial charge in [0.25, 0.3) is 0 Å². The first kappa shape index (κ1) is 11.1. The van der Waals surface area contributed by atoms with Crippen LogP contribution in [0.2, 0.25) is 0 Å². The van der Waals surface area contributed by atoms with Gasteiger partial charge in [-0.1, -0.05) is 0 Å². The van der Waals surface area contributed by atoms with Crippen LogP contribution in [0.15, 0.2) is 12.3 Å². The number of halogens is 1. The van der Waals surface area contributed by atoms with E-state index >= 15 is 0 Å². The lowest BCUT2D eigenvalue weighted by molar-refractivity contribution is 0.0142. The topological polar surface area (TPSA) is 31.4 Å². The van der Waals surface area contributed by atoms with Crippen LogP contribution in [0.5, 0.6) is 5.88 Å². The van der Waals surface area contributed by atoms with E-state index in [9.17, 15) is 0 Å². The molecule has 1 aromatic heterocycles. The minimum absolute atomic E-state index is 0.226. The minimum Gasteiger partial charge on any atom is -0.481 e. The zero-order chi connectivity index (χ0) is 10.7. The molecule has 3 nitrogen and oxygen atoms in total. The van der Waals surface area contributed by atoms with Crippen LogP contribution in [0.25, 0.3) is 0 Å². The fourth-order valence-electron chi connectivity index (χ4n) is 1.76.